The van der Waals surface area contributed by atoms with Crippen molar-refractivity contribution in [3.8, 4) is 0 Å². The third-order valence-electron chi connectivity index (χ3n) is 3.73. The number of anilines is 1. The van der Waals surface area contributed by atoms with Crippen LogP contribution < -0.4 is 4.90 Å². The van der Waals surface area contributed by atoms with Gasteiger partial charge in [0.05, 0.1) is 13.2 Å². The van der Waals surface area contributed by atoms with Crippen LogP contribution in [-0.2, 0) is 13.0 Å². The molecule has 0 amide bonds. The van der Waals surface area contributed by atoms with Crippen LogP contribution >= 0.6 is 0 Å². The van der Waals surface area contributed by atoms with Gasteiger partial charge >= 0.3 is 0 Å². The highest BCUT2D eigenvalue weighted by Crippen LogP contribution is 2.17. The summed E-state index contributed by atoms with van der Waals surface area (Å²) in [6.07, 6.45) is 2.44. The molecule has 0 unspecified atom stereocenters. The summed E-state index contributed by atoms with van der Waals surface area (Å²) in [5.41, 5.74) is 1.17. The van der Waals surface area contributed by atoms with E-state index >= 15 is 0 Å². The van der Waals surface area contributed by atoms with E-state index < -0.39 is 0 Å². The summed E-state index contributed by atoms with van der Waals surface area (Å²) < 4.78 is 5.64. The number of furan rings is 1. The number of aliphatic hydroxyl groups is 1. The maximum Gasteiger partial charge on any atom is 0.135 e. The topological polar surface area (TPSA) is 62.4 Å². The van der Waals surface area contributed by atoms with Crippen molar-refractivity contribution in [1.82, 2.24) is 9.97 Å². The van der Waals surface area contributed by atoms with Crippen LogP contribution in [0.25, 0.3) is 0 Å². The molecule has 0 aliphatic carbocycles. The Morgan fingerprint density at radius 3 is 2.62 bits per heavy atom. The summed E-state index contributed by atoms with van der Waals surface area (Å²) in [4.78, 5) is 11.0. The molecule has 0 atom stereocenters. The van der Waals surface area contributed by atoms with Gasteiger partial charge in [-0.25, -0.2) is 9.97 Å². The maximum atomic E-state index is 9.37. The predicted molar refractivity (Wildman–Crippen MR) is 92.9 cm³/mol. The Hall–Kier alpha value is -2.66. The largest absolute Gasteiger partial charge is 0.464 e. The molecule has 124 valence electrons. The minimum atomic E-state index is 0.0533. The molecular formula is C19H21N3O2. The number of benzene rings is 1. The number of aliphatic hydroxyl groups excluding tert-OH is 1. The number of hydrogen-bond acceptors (Lipinski definition) is 5. The van der Waals surface area contributed by atoms with Crippen LogP contribution in [0, 0.1) is 6.92 Å². The molecule has 0 spiro atoms. The monoisotopic (exact) mass is 323 g/mol. The van der Waals surface area contributed by atoms with Crippen molar-refractivity contribution in [2.45, 2.75) is 19.9 Å². The van der Waals surface area contributed by atoms with E-state index in [4.69, 9.17) is 4.42 Å². The van der Waals surface area contributed by atoms with Crippen molar-refractivity contribution in [3.05, 3.63) is 77.6 Å². The zero-order valence-electron chi connectivity index (χ0n) is 13.7. The van der Waals surface area contributed by atoms with Gasteiger partial charge < -0.3 is 14.4 Å². The first-order valence-electron chi connectivity index (χ1n) is 8.01. The van der Waals surface area contributed by atoms with Crippen molar-refractivity contribution < 1.29 is 9.52 Å². The van der Waals surface area contributed by atoms with Crippen molar-refractivity contribution in [1.29, 1.82) is 0 Å². The van der Waals surface area contributed by atoms with Crippen LogP contribution in [0.3, 0.4) is 0 Å². The zero-order valence-corrected chi connectivity index (χ0v) is 13.7. The lowest BCUT2D eigenvalue weighted by Crippen LogP contribution is -2.27. The molecular weight excluding hydrogens is 302 g/mol. The Balaban J connectivity index is 1.78. The van der Waals surface area contributed by atoms with Crippen molar-refractivity contribution >= 4 is 5.82 Å². The average Bonchev–Trinajstić information content (AvgIpc) is 3.01. The molecule has 5 nitrogen and oxygen atoms in total. The lowest BCUT2D eigenvalue weighted by molar-refractivity contribution is 0.299. The van der Waals surface area contributed by atoms with E-state index in [-0.39, 0.29) is 6.61 Å². The molecule has 0 aliphatic heterocycles. The molecule has 1 aromatic carbocycles. The first kappa shape index (κ1) is 16.2. The van der Waals surface area contributed by atoms with E-state index in [1.807, 2.05) is 48.2 Å². The standard InChI is InChI=1S/C19H21N3O2/c1-15-7-8-17(24-15)14-22(11-12-23)19-9-10-20-18(21-19)13-16-5-3-2-4-6-16/h2-10,23H,11-14H2,1H3. The highest BCUT2D eigenvalue weighted by Gasteiger charge is 2.12. The molecule has 3 rings (SSSR count). The molecule has 0 radical (unpaired) electrons. The summed E-state index contributed by atoms with van der Waals surface area (Å²) in [5.74, 6) is 3.28. The van der Waals surface area contributed by atoms with E-state index in [1.165, 1.54) is 5.56 Å². The smallest absolute Gasteiger partial charge is 0.135 e. The summed E-state index contributed by atoms with van der Waals surface area (Å²) in [5, 5.41) is 9.37. The van der Waals surface area contributed by atoms with Crippen LogP contribution in [0.2, 0.25) is 0 Å². The minimum Gasteiger partial charge on any atom is -0.464 e. The summed E-state index contributed by atoms with van der Waals surface area (Å²) >= 11 is 0. The van der Waals surface area contributed by atoms with Crippen LogP contribution in [0.15, 0.2) is 59.1 Å². The average molecular weight is 323 g/mol. The second-order valence-corrected chi connectivity index (χ2v) is 5.65. The predicted octanol–water partition coefficient (Wildman–Crippen LogP) is 2.97. The number of aromatic nitrogens is 2. The van der Waals surface area contributed by atoms with Gasteiger partial charge in [-0.15, -0.1) is 0 Å². The molecule has 0 bridgehead atoms. The van der Waals surface area contributed by atoms with Crippen LogP contribution in [0.5, 0.6) is 0 Å². The van der Waals surface area contributed by atoms with Crippen LogP contribution in [-0.4, -0.2) is 28.2 Å². The minimum absolute atomic E-state index is 0.0533. The number of nitrogens with zero attached hydrogens (tertiary/aromatic N) is 3. The number of aryl methyl sites for hydroxylation is 1. The quantitative estimate of drug-likeness (QED) is 0.724. The molecule has 5 heteroatoms. The summed E-state index contributed by atoms with van der Waals surface area (Å²) in [6, 6.07) is 15.9. The highest BCUT2D eigenvalue weighted by molar-refractivity contribution is 5.38. The van der Waals surface area contributed by atoms with Gasteiger partial charge in [-0.3, -0.25) is 0 Å². The molecule has 1 N–H and O–H groups in total. The van der Waals surface area contributed by atoms with Crippen molar-refractivity contribution in [2.75, 3.05) is 18.1 Å². The molecule has 0 aliphatic rings. The molecule has 0 saturated carbocycles. The number of hydrogen-bond donors (Lipinski definition) is 1. The van der Waals surface area contributed by atoms with E-state index in [0.717, 1.165) is 23.2 Å². The Labute approximate surface area is 141 Å². The lowest BCUT2D eigenvalue weighted by atomic mass is 10.1. The molecule has 3 aromatic rings. The van der Waals surface area contributed by atoms with Gasteiger partial charge in [0, 0.05) is 19.2 Å². The normalized spacial score (nSPS) is 10.8. The van der Waals surface area contributed by atoms with E-state index in [0.29, 0.717) is 19.5 Å². The molecule has 2 heterocycles. The van der Waals surface area contributed by atoms with Gasteiger partial charge in [-0.1, -0.05) is 30.3 Å². The van der Waals surface area contributed by atoms with E-state index in [1.54, 1.807) is 6.20 Å². The van der Waals surface area contributed by atoms with Crippen molar-refractivity contribution in [2.24, 2.45) is 0 Å². The summed E-state index contributed by atoms with van der Waals surface area (Å²) in [7, 11) is 0. The molecule has 2 aromatic heterocycles. The fourth-order valence-electron chi connectivity index (χ4n) is 2.58. The molecule has 0 saturated heterocycles. The van der Waals surface area contributed by atoms with E-state index in [2.05, 4.69) is 22.1 Å². The summed E-state index contributed by atoms with van der Waals surface area (Å²) in [6.45, 7) is 3.03. The highest BCUT2D eigenvalue weighted by atomic mass is 16.3. The number of rotatable bonds is 7. The lowest BCUT2D eigenvalue weighted by Gasteiger charge is -2.22. The Bertz CT molecular complexity index is 771. The van der Waals surface area contributed by atoms with Gasteiger partial charge in [-0.2, -0.15) is 0 Å². The zero-order chi connectivity index (χ0) is 16.8. The van der Waals surface area contributed by atoms with E-state index in [9.17, 15) is 5.11 Å². The van der Waals surface area contributed by atoms with Gasteiger partial charge in [0.2, 0.25) is 0 Å². The van der Waals surface area contributed by atoms with Gasteiger partial charge in [0.1, 0.15) is 23.2 Å². The maximum absolute atomic E-state index is 9.37. The van der Waals surface area contributed by atoms with Gasteiger partial charge in [0.25, 0.3) is 0 Å². The van der Waals surface area contributed by atoms with Gasteiger partial charge in [0.15, 0.2) is 0 Å². The van der Waals surface area contributed by atoms with Crippen molar-refractivity contribution in [3.63, 3.8) is 0 Å². The first-order valence-corrected chi connectivity index (χ1v) is 8.01. The molecule has 24 heavy (non-hydrogen) atoms. The Morgan fingerprint density at radius 1 is 1.08 bits per heavy atom. The fourth-order valence-corrected chi connectivity index (χ4v) is 2.58. The first-order chi connectivity index (χ1) is 11.7. The second kappa shape index (κ2) is 7.75. The van der Waals surface area contributed by atoms with Gasteiger partial charge in [-0.05, 0) is 30.7 Å². The third kappa shape index (κ3) is 4.20. The van der Waals surface area contributed by atoms with Crippen LogP contribution in [0.4, 0.5) is 5.82 Å². The Kier molecular flexibility index (Phi) is 5.23. The third-order valence-corrected chi connectivity index (χ3v) is 3.73. The second-order valence-electron chi connectivity index (χ2n) is 5.65. The van der Waals surface area contributed by atoms with Crippen LogP contribution in [0.1, 0.15) is 22.9 Å². The molecule has 0 fully saturated rings. The fraction of sp³-hybridized carbons (Fsp3) is 0.263. The SMILES string of the molecule is Cc1ccc(CN(CCO)c2ccnc(Cc3ccccc3)n2)o1. The Morgan fingerprint density at radius 2 is 1.92 bits per heavy atom.